The summed E-state index contributed by atoms with van der Waals surface area (Å²) in [6, 6.07) is 20.7. The Morgan fingerprint density at radius 3 is 2.11 bits per heavy atom. The van der Waals surface area contributed by atoms with Crippen molar-refractivity contribution in [1.82, 2.24) is 0 Å². The topological polar surface area (TPSA) is 70.6 Å². The maximum absolute atomic E-state index is 12.6. The van der Waals surface area contributed by atoms with E-state index >= 15 is 0 Å². The SMILES string of the molecule is CCC(C)(C)c1ccc(OCC(=O)Nc2ccc(Nc3cccc(O)c3)cc2)c(C(C)(C)CC)c1. The summed E-state index contributed by atoms with van der Waals surface area (Å²) in [4.78, 5) is 12.6. The molecule has 3 rings (SSSR count). The summed E-state index contributed by atoms with van der Waals surface area (Å²) in [5.74, 6) is 0.748. The van der Waals surface area contributed by atoms with E-state index in [-0.39, 0.29) is 29.1 Å². The van der Waals surface area contributed by atoms with Crippen LogP contribution in [0.3, 0.4) is 0 Å². The van der Waals surface area contributed by atoms with E-state index in [1.807, 2.05) is 36.4 Å². The monoisotopic (exact) mass is 474 g/mol. The lowest BCUT2D eigenvalue weighted by Crippen LogP contribution is -2.24. The second-order valence-corrected chi connectivity index (χ2v) is 10.3. The third-order valence-corrected chi connectivity index (χ3v) is 6.92. The number of hydrogen-bond donors (Lipinski definition) is 3. The van der Waals surface area contributed by atoms with Gasteiger partial charge >= 0.3 is 0 Å². The molecule has 0 fully saturated rings. The molecule has 0 radical (unpaired) electrons. The van der Waals surface area contributed by atoms with Gasteiger partial charge in [0.15, 0.2) is 6.61 Å². The molecular formula is C30H38N2O3. The molecule has 0 saturated carbocycles. The number of phenols is 1. The van der Waals surface area contributed by atoms with Gasteiger partial charge in [-0.2, -0.15) is 0 Å². The molecule has 3 aromatic rings. The lowest BCUT2D eigenvalue weighted by Gasteiger charge is -2.30. The highest BCUT2D eigenvalue weighted by Crippen LogP contribution is 2.38. The van der Waals surface area contributed by atoms with Gasteiger partial charge in [0.2, 0.25) is 0 Å². The van der Waals surface area contributed by atoms with Crippen molar-refractivity contribution in [2.24, 2.45) is 0 Å². The van der Waals surface area contributed by atoms with Gasteiger partial charge in [0, 0.05) is 28.7 Å². The molecular weight excluding hydrogens is 436 g/mol. The Morgan fingerprint density at radius 2 is 1.49 bits per heavy atom. The second-order valence-electron chi connectivity index (χ2n) is 10.3. The average Bonchev–Trinajstić information content (AvgIpc) is 2.84. The number of aromatic hydroxyl groups is 1. The molecule has 0 saturated heterocycles. The van der Waals surface area contributed by atoms with Gasteiger partial charge in [-0.05, 0) is 71.7 Å². The van der Waals surface area contributed by atoms with Crippen molar-refractivity contribution in [1.29, 1.82) is 0 Å². The number of carbonyl (C=O) groups excluding carboxylic acids is 1. The maximum Gasteiger partial charge on any atom is 0.262 e. The van der Waals surface area contributed by atoms with Crippen LogP contribution in [0.25, 0.3) is 0 Å². The minimum absolute atomic E-state index is 0.0629. The number of carbonyl (C=O) groups is 1. The Morgan fingerprint density at radius 1 is 0.829 bits per heavy atom. The zero-order valence-corrected chi connectivity index (χ0v) is 21.7. The molecule has 0 heterocycles. The smallest absolute Gasteiger partial charge is 0.262 e. The number of benzene rings is 3. The number of ether oxygens (including phenoxy) is 1. The Hall–Kier alpha value is -3.47. The van der Waals surface area contributed by atoms with Crippen molar-refractivity contribution < 1.29 is 14.6 Å². The van der Waals surface area contributed by atoms with Crippen LogP contribution in [0.4, 0.5) is 17.1 Å². The van der Waals surface area contributed by atoms with Crippen LogP contribution in [-0.2, 0) is 15.6 Å². The Balaban J connectivity index is 1.66. The lowest BCUT2D eigenvalue weighted by atomic mass is 9.76. The molecule has 0 bridgehead atoms. The summed E-state index contributed by atoms with van der Waals surface area (Å²) in [5.41, 5.74) is 4.76. The molecule has 0 aliphatic carbocycles. The van der Waals surface area contributed by atoms with Crippen molar-refractivity contribution in [2.75, 3.05) is 17.2 Å². The van der Waals surface area contributed by atoms with Crippen LogP contribution in [-0.4, -0.2) is 17.6 Å². The molecule has 186 valence electrons. The van der Waals surface area contributed by atoms with E-state index in [2.05, 4.69) is 64.3 Å². The zero-order valence-electron chi connectivity index (χ0n) is 21.7. The normalized spacial score (nSPS) is 11.7. The summed E-state index contributed by atoms with van der Waals surface area (Å²) in [7, 11) is 0. The minimum atomic E-state index is -0.211. The number of anilines is 3. The third-order valence-electron chi connectivity index (χ3n) is 6.92. The largest absolute Gasteiger partial charge is 0.508 e. The molecule has 1 amide bonds. The van der Waals surface area contributed by atoms with Crippen molar-refractivity contribution in [3.8, 4) is 11.5 Å². The number of rotatable bonds is 10. The van der Waals surface area contributed by atoms with Crippen molar-refractivity contribution in [2.45, 2.75) is 65.2 Å². The van der Waals surface area contributed by atoms with Gasteiger partial charge in [0.1, 0.15) is 11.5 Å². The van der Waals surface area contributed by atoms with E-state index in [0.29, 0.717) is 5.69 Å². The molecule has 5 heteroatoms. The van der Waals surface area contributed by atoms with Crippen LogP contribution in [0.2, 0.25) is 0 Å². The van der Waals surface area contributed by atoms with Gasteiger partial charge in [0.25, 0.3) is 5.91 Å². The molecule has 0 aromatic heterocycles. The van der Waals surface area contributed by atoms with Crippen molar-refractivity contribution >= 4 is 23.0 Å². The summed E-state index contributed by atoms with van der Waals surface area (Å²) in [6.07, 6.45) is 2.01. The molecule has 0 aliphatic rings. The fraction of sp³-hybridized carbons (Fsp3) is 0.367. The van der Waals surface area contributed by atoms with Gasteiger partial charge in [-0.25, -0.2) is 0 Å². The summed E-state index contributed by atoms with van der Waals surface area (Å²) < 4.78 is 6.03. The van der Waals surface area contributed by atoms with Gasteiger partial charge in [-0.15, -0.1) is 0 Å². The van der Waals surface area contributed by atoms with E-state index in [0.717, 1.165) is 35.5 Å². The van der Waals surface area contributed by atoms with Crippen molar-refractivity contribution in [3.05, 3.63) is 77.9 Å². The summed E-state index contributed by atoms with van der Waals surface area (Å²) in [6.45, 7) is 13.2. The van der Waals surface area contributed by atoms with Crippen LogP contribution in [0.5, 0.6) is 11.5 Å². The van der Waals surface area contributed by atoms with Gasteiger partial charge < -0.3 is 20.5 Å². The second kappa shape index (κ2) is 10.9. The van der Waals surface area contributed by atoms with Crippen LogP contribution in [0.1, 0.15) is 65.5 Å². The molecule has 0 aliphatic heterocycles. The molecule has 0 spiro atoms. The highest BCUT2D eigenvalue weighted by Gasteiger charge is 2.26. The first-order chi connectivity index (χ1) is 16.5. The first-order valence-electron chi connectivity index (χ1n) is 12.3. The fourth-order valence-corrected chi connectivity index (χ4v) is 3.73. The lowest BCUT2D eigenvalue weighted by molar-refractivity contribution is -0.118. The Kier molecular flexibility index (Phi) is 8.11. The molecule has 0 atom stereocenters. The predicted octanol–water partition coefficient (Wildman–Crippen LogP) is 7.53. The van der Waals surface area contributed by atoms with E-state index in [1.165, 1.54) is 5.56 Å². The van der Waals surface area contributed by atoms with E-state index in [1.54, 1.807) is 18.2 Å². The van der Waals surface area contributed by atoms with E-state index in [9.17, 15) is 9.90 Å². The summed E-state index contributed by atoms with van der Waals surface area (Å²) in [5, 5.41) is 15.7. The molecule has 3 N–H and O–H groups in total. The summed E-state index contributed by atoms with van der Waals surface area (Å²) >= 11 is 0. The number of nitrogens with one attached hydrogen (secondary N) is 2. The predicted molar refractivity (Wildman–Crippen MR) is 145 cm³/mol. The quantitative estimate of drug-likeness (QED) is 0.284. The zero-order chi connectivity index (χ0) is 25.6. The molecule has 0 unspecified atom stereocenters. The first-order valence-corrected chi connectivity index (χ1v) is 12.3. The number of phenolic OH excluding ortho intramolecular Hbond substituents is 1. The van der Waals surface area contributed by atoms with Gasteiger partial charge in [-0.3, -0.25) is 4.79 Å². The van der Waals surface area contributed by atoms with Crippen LogP contribution in [0.15, 0.2) is 66.7 Å². The third kappa shape index (κ3) is 6.78. The molecule has 35 heavy (non-hydrogen) atoms. The highest BCUT2D eigenvalue weighted by atomic mass is 16.5. The van der Waals surface area contributed by atoms with E-state index < -0.39 is 0 Å². The standard InChI is InChI=1S/C30H38N2O3/c1-7-29(3,4)21-12-17-27(26(18-21)30(5,6)8-2)35-20-28(34)32-23-15-13-22(14-16-23)31-24-10-9-11-25(33)19-24/h9-19,31,33H,7-8,20H2,1-6H3,(H,32,34). The first kappa shape index (κ1) is 26.1. The number of amides is 1. The highest BCUT2D eigenvalue weighted by molar-refractivity contribution is 5.92. The van der Waals surface area contributed by atoms with Crippen molar-refractivity contribution in [3.63, 3.8) is 0 Å². The Bertz CT molecular complexity index is 1150. The van der Waals surface area contributed by atoms with Crippen LogP contribution in [0, 0.1) is 0 Å². The average molecular weight is 475 g/mol. The van der Waals surface area contributed by atoms with Crippen LogP contribution >= 0.6 is 0 Å². The molecule has 3 aromatic carbocycles. The van der Waals surface area contributed by atoms with Crippen LogP contribution < -0.4 is 15.4 Å². The Labute approximate surface area is 209 Å². The maximum atomic E-state index is 12.6. The van der Waals surface area contributed by atoms with Gasteiger partial charge in [-0.1, -0.05) is 59.7 Å². The molecule has 5 nitrogen and oxygen atoms in total. The van der Waals surface area contributed by atoms with Gasteiger partial charge in [0.05, 0.1) is 0 Å². The fourth-order valence-electron chi connectivity index (χ4n) is 3.73. The minimum Gasteiger partial charge on any atom is -0.508 e. The van der Waals surface area contributed by atoms with E-state index in [4.69, 9.17) is 4.74 Å². The number of hydrogen-bond acceptors (Lipinski definition) is 4.